The molecule has 7 nitrogen and oxygen atoms in total. The van der Waals surface area contributed by atoms with E-state index in [0.29, 0.717) is 22.8 Å². The van der Waals surface area contributed by atoms with Crippen LogP contribution in [0, 0.1) is 0 Å². The van der Waals surface area contributed by atoms with E-state index in [-0.39, 0.29) is 11.8 Å². The number of aromatic nitrogens is 1. The highest BCUT2D eigenvalue weighted by Crippen LogP contribution is 2.41. The van der Waals surface area contributed by atoms with E-state index in [1.54, 1.807) is 50.4 Å². The number of phenolic OH excluding ortho intramolecular Hbond substituents is 1. The van der Waals surface area contributed by atoms with Gasteiger partial charge in [0.15, 0.2) is 11.5 Å². The molecule has 0 radical (unpaired) electrons. The van der Waals surface area contributed by atoms with Crippen molar-refractivity contribution in [3.8, 4) is 34.3 Å². The molecule has 1 aromatic heterocycles. The zero-order valence-electron chi connectivity index (χ0n) is 17.9. The third-order valence-electron chi connectivity index (χ3n) is 4.32. The van der Waals surface area contributed by atoms with Crippen molar-refractivity contribution in [1.29, 1.82) is 0 Å². The molecule has 0 fully saturated rings. The lowest BCUT2D eigenvalue weighted by atomic mass is 10.1. The van der Waals surface area contributed by atoms with Crippen LogP contribution in [0.3, 0.4) is 0 Å². The third kappa shape index (κ3) is 5.11. The van der Waals surface area contributed by atoms with Gasteiger partial charge >= 0.3 is 0 Å². The Hall–Kier alpha value is -2.78. The Morgan fingerprint density at radius 1 is 1.06 bits per heavy atom. The van der Waals surface area contributed by atoms with Crippen LogP contribution in [-0.4, -0.2) is 43.4 Å². The first-order valence-corrected chi connectivity index (χ1v) is 11.1. The molecular formula is C22H24BrN3O4S. The van der Waals surface area contributed by atoms with Gasteiger partial charge in [-0.15, -0.1) is 11.3 Å². The Kier molecular flexibility index (Phi) is 7.40. The van der Waals surface area contributed by atoms with Gasteiger partial charge in [-0.3, -0.25) is 4.99 Å². The lowest BCUT2D eigenvalue weighted by Crippen LogP contribution is -2.14. The van der Waals surface area contributed by atoms with Crippen molar-refractivity contribution in [3.05, 3.63) is 50.5 Å². The van der Waals surface area contributed by atoms with Gasteiger partial charge in [0.1, 0.15) is 5.75 Å². The lowest BCUT2D eigenvalue weighted by Gasteiger charge is -2.14. The molecule has 0 aliphatic heterocycles. The largest absolute Gasteiger partial charge is 0.507 e. The van der Waals surface area contributed by atoms with Gasteiger partial charge in [0.2, 0.25) is 10.6 Å². The number of rotatable bonds is 7. The maximum atomic E-state index is 10.2. The normalized spacial score (nSPS) is 12.0. The van der Waals surface area contributed by atoms with Crippen molar-refractivity contribution < 1.29 is 19.3 Å². The van der Waals surface area contributed by atoms with Crippen molar-refractivity contribution in [3.63, 3.8) is 0 Å². The number of ether oxygens (including phenoxy) is 3. The van der Waals surface area contributed by atoms with Crippen LogP contribution >= 0.6 is 27.3 Å². The minimum atomic E-state index is 0.0900. The van der Waals surface area contributed by atoms with Gasteiger partial charge in [-0.25, -0.2) is 4.68 Å². The number of halogens is 1. The molecule has 1 heterocycles. The number of methoxy groups -OCH3 is 3. The zero-order chi connectivity index (χ0) is 22.5. The van der Waals surface area contributed by atoms with Crippen LogP contribution in [0.4, 0.5) is 0 Å². The number of benzene rings is 2. The highest BCUT2D eigenvalue weighted by atomic mass is 79.9. The summed E-state index contributed by atoms with van der Waals surface area (Å²) in [7, 11) is 4.73. The summed E-state index contributed by atoms with van der Waals surface area (Å²) in [6, 6.07) is 9.00. The lowest BCUT2D eigenvalue weighted by molar-refractivity contribution is 0.324. The first-order valence-electron chi connectivity index (χ1n) is 9.45. The van der Waals surface area contributed by atoms with Gasteiger partial charge in [0, 0.05) is 27.0 Å². The molecule has 0 saturated carbocycles. The molecule has 0 amide bonds. The second-order valence-electron chi connectivity index (χ2n) is 6.80. The first kappa shape index (κ1) is 22.9. The standard InChI is InChI=1S/C22H24BrN3O4S/c1-13(2)25-22-26(24-11-15-8-16(23)6-7-18(15)27)17(12-31-22)14-9-19(28-3)21(30-5)20(10-14)29-4/h6-13,27H,1-5H3. The van der Waals surface area contributed by atoms with Crippen molar-refractivity contribution in [1.82, 2.24) is 4.68 Å². The molecule has 0 spiro atoms. The van der Waals surface area contributed by atoms with E-state index in [0.717, 1.165) is 20.5 Å². The predicted octanol–water partition coefficient (Wildman–Crippen LogP) is 4.90. The minimum Gasteiger partial charge on any atom is -0.507 e. The van der Waals surface area contributed by atoms with E-state index >= 15 is 0 Å². The Bertz CT molecular complexity index is 1140. The molecule has 0 aliphatic rings. The van der Waals surface area contributed by atoms with Crippen LogP contribution in [0.15, 0.2) is 50.3 Å². The van der Waals surface area contributed by atoms with Gasteiger partial charge < -0.3 is 19.3 Å². The fraction of sp³-hybridized carbons (Fsp3) is 0.273. The highest BCUT2D eigenvalue weighted by molar-refractivity contribution is 9.10. The second kappa shape index (κ2) is 10.0. The van der Waals surface area contributed by atoms with Crippen molar-refractivity contribution in [2.75, 3.05) is 21.3 Å². The second-order valence-corrected chi connectivity index (χ2v) is 8.55. The van der Waals surface area contributed by atoms with Gasteiger partial charge in [-0.05, 0) is 44.2 Å². The molecule has 164 valence electrons. The van der Waals surface area contributed by atoms with E-state index in [9.17, 15) is 5.11 Å². The van der Waals surface area contributed by atoms with Crippen LogP contribution in [0.5, 0.6) is 23.0 Å². The third-order valence-corrected chi connectivity index (χ3v) is 5.64. The van der Waals surface area contributed by atoms with E-state index in [1.165, 1.54) is 11.3 Å². The predicted molar refractivity (Wildman–Crippen MR) is 127 cm³/mol. The van der Waals surface area contributed by atoms with Crippen LogP contribution in [-0.2, 0) is 0 Å². The van der Waals surface area contributed by atoms with Crippen molar-refractivity contribution in [2.24, 2.45) is 10.1 Å². The van der Waals surface area contributed by atoms with E-state index in [2.05, 4.69) is 26.0 Å². The maximum absolute atomic E-state index is 10.2. The zero-order valence-corrected chi connectivity index (χ0v) is 20.3. The molecule has 9 heteroatoms. The summed E-state index contributed by atoms with van der Waals surface area (Å²) in [5.74, 6) is 1.75. The highest BCUT2D eigenvalue weighted by Gasteiger charge is 2.17. The summed E-state index contributed by atoms with van der Waals surface area (Å²) >= 11 is 4.90. The van der Waals surface area contributed by atoms with Crippen molar-refractivity contribution >= 4 is 33.5 Å². The van der Waals surface area contributed by atoms with Crippen LogP contribution in [0.25, 0.3) is 11.3 Å². The average molecular weight is 506 g/mol. The fourth-order valence-electron chi connectivity index (χ4n) is 2.90. The molecule has 2 aromatic carbocycles. The number of aromatic hydroxyl groups is 1. The van der Waals surface area contributed by atoms with Gasteiger partial charge in [0.05, 0.1) is 33.2 Å². The van der Waals surface area contributed by atoms with E-state index in [1.807, 2.05) is 31.4 Å². The average Bonchev–Trinajstić information content (AvgIpc) is 3.14. The molecular weight excluding hydrogens is 482 g/mol. The summed E-state index contributed by atoms with van der Waals surface area (Å²) in [5.41, 5.74) is 2.21. The number of hydrogen-bond donors (Lipinski definition) is 1. The van der Waals surface area contributed by atoms with Gasteiger partial charge in [-0.1, -0.05) is 15.9 Å². The molecule has 0 unspecified atom stereocenters. The molecule has 1 N–H and O–H groups in total. The molecule has 0 bridgehead atoms. The molecule has 0 saturated heterocycles. The Morgan fingerprint density at radius 2 is 1.74 bits per heavy atom. The number of nitrogens with zero attached hydrogens (tertiary/aromatic N) is 3. The van der Waals surface area contributed by atoms with E-state index < -0.39 is 0 Å². The quantitative estimate of drug-likeness (QED) is 0.463. The first-order chi connectivity index (χ1) is 14.9. The van der Waals surface area contributed by atoms with Crippen molar-refractivity contribution in [2.45, 2.75) is 19.9 Å². The van der Waals surface area contributed by atoms with Crippen LogP contribution < -0.4 is 19.0 Å². The molecule has 3 rings (SSSR count). The summed E-state index contributed by atoms with van der Waals surface area (Å²) < 4.78 is 19.0. The maximum Gasteiger partial charge on any atom is 0.206 e. The summed E-state index contributed by atoms with van der Waals surface area (Å²) in [5, 5.41) is 16.8. The molecule has 0 aliphatic carbocycles. The Labute approximate surface area is 193 Å². The molecule has 0 atom stereocenters. The number of phenols is 1. The Balaban J connectivity index is 2.20. The summed E-state index contributed by atoms with van der Waals surface area (Å²) in [4.78, 5) is 5.41. The van der Waals surface area contributed by atoms with Gasteiger partial charge in [0.25, 0.3) is 0 Å². The molecule has 3 aromatic rings. The summed E-state index contributed by atoms with van der Waals surface area (Å²) in [6.45, 7) is 4.01. The monoisotopic (exact) mass is 505 g/mol. The summed E-state index contributed by atoms with van der Waals surface area (Å²) in [6.07, 6.45) is 1.60. The minimum absolute atomic E-state index is 0.0900. The fourth-order valence-corrected chi connectivity index (χ4v) is 4.25. The smallest absolute Gasteiger partial charge is 0.206 e. The Morgan fingerprint density at radius 3 is 2.32 bits per heavy atom. The topological polar surface area (TPSA) is 77.6 Å². The molecule has 31 heavy (non-hydrogen) atoms. The van der Waals surface area contributed by atoms with Crippen LogP contribution in [0.1, 0.15) is 19.4 Å². The van der Waals surface area contributed by atoms with Gasteiger partial charge in [-0.2, -0.15) is 5.10 Å². The SMILES string of the molecule is COc1cc(-c2csc(=NC(C)C)n2N=Cc2cc(Br)ccc2O)cc(OC)c1OC. The van der Waals surface area contributed by atoms with E-state index in [4.69, 9.17) is 14.2 Å². The van der Waals surface area contributed by atoms with Crippen LogP contribution in [0.2, 0.25) is 0 Å². The number of hydrogen-bond acceptors (Lipinski definition) is 7. The number of thiazole rings is 1.